The number of aliphatic hydroxyl groups excluding tert-OH is 1. The quantitative estimate of drug-likeness (QED) is 0.914. The zero-order valence-corrected chi connectivity index (χ0v) is 13.3. The van der Waals surface area contributed by atoms with Gasteiger partial charge in [0.05, 0.1) is 6.10 Å². The Hall–Kier alpha value is -0.900. The zero-order valence-electron chi connectivity index (χ0n) is 13.3. The standard InChI is InChI=1S/C17H28N2O/c1-13-7-8-14(2)16(10-13)17(20)12-19-9-5-6-15(11-19)18(3)4/h7-8,10,15,17,20H,5-6,9,11-12H2,1-4H3. The molecule has 1 saturated heterocycles. The number of hydrogen-bond acceptors (Lipinski definition) is 3. The van der Waals surface area contributed by atoms with Gasteiger partial charge in [0, 0.05) is 19.1 Å². The average Bonchev–Trinajstić information content (AvgIpc) is 2.41. The molecule has 112 valence electrons. The van der Waals surface area contributed by atoms with E-state index in [-0.39, 0.29) is 6.10 Å². The molecule has 0 amide bonds. The number of benzene rings is 1. The van der Waals surface area contributed by atoms with E-state index in [0.29, 0.717) is 6.04 Å². The lowest BCUT2D eigenvalue weighted by Gasteiger charge is -2.37. The third kappa shape index (κ3) is 3.81. The van der Waals surface area contributed by atoms with Crippen LogP contribution in [-0.4, -0.2) is 54.7 Å². The summed E-state index contributed by atoms with van der Waals surface area (Å²) in [6.07, 6.45) is 2.11. The first-order valence-corrected chi connectivity index (χ1v) is 7.61. The summed E-state index contributed by atoms with van der Waals surface area (Å²) >= 11 is 0. The summed E-state index contributed by atoms with van der Waals surface area (Å²) in [7, 11) is 4.30. The van der Waals surface area contributed by atoms with Crippen LogP contribution in [0.15, 0.2) is 18.2 Å². The minimum absolute atomic E-state index is 0.379. The summed E-state index contributed by atoms with van der Waals surface area (Å²) < 4.78 is 0. The van der Waals surface area contributed by atoms with Gasteiger partial charge in [-0.3, -0.25) is 4.90 Å². The topological polar surface area (TPSA) is 26.7 Å². The van der Waals surface area contributed by atoms with Crippen LogP contribution in [0.2, 0.25) is 0 Å². The van der Waals surface area contributed by atoms with Gasteiger partial charge in [-0.2, -0.15) is 0 Å². The van der Waals surface area contributed by atoms with Crippen molar-refractivity contribution in [3.05, 3.63) is 34.9 Å². The lowest BCUT2D eigenvalue weighted by molar-refractivity contribution is 0.0719. The summed E-state index contributed by atoms with van der Waals surface area (Å²) in [5.74, 6) is 0. The van der Waals surface area contributed by atoms with Gasteiger partial charge in [-0.1, -0.05) is 23.8 Å². The van der Waals surface area contributed by atoms with Gasteiger partial charge in [-0.05, 0) is 58.5 Å². The predicted molar refractivity (Wildman–Crippen MR) is 84.0 cm³/mol. The fraction of sp³-hybridized carbons (Fsp3) is 0.647. The van der Waals surface area contributed by atoms with Crippen molar-refractivity contribution >= 4 is 0 Å². The molecule has 0 aromatic heterocycles. The third-order valence-corrected chi connectivity index (χ3v) is 4.44. The van der Waals surface area contributed by atoms with Crippen LogP contribution >= 0.6 is 0 Å². The normalized spacial score (nSPS) is 22.2. The molecule has 0 radical (unpaired) electrons. The first-order chi connectivity index (χ1) is 9.47. The number of aryl methyl sites for hydroxylation is 2. The molecule has 1 heterocycles. The highest BCUT2D eigenvalue weighted by molar-refractivity contribution is 5.32. The van der Waals surface area contributed by atoms with Gasteiger partial charge in [-0.15, -0.1) is 0 Å². The van der Waals surface area contributed by atoms with Crippen molar-refractivity contribution in [2.75, 3.05) is 33.7 Å². The molecular weight excluding hydrogens is 248 g/mol. The van der Waals surface area contributed by atoms with E-state index in [1.54, 1.807) is 0 Å². The number of piperidine rings is 1. The van der Waals surface area contributed by atoms with Crippen molar-refractivity contribution < 1.29 is 5.11 Å². The number of likely N-dealkylation sites (tertiary alicyclic amines) is 1. The summed E-state index contributed by atoms with van der Waals surface area (Å²) in [6, 6.07) is 6.95. The Morgan fingerprint density at radius 2 is 2.10 bits per heavy atom. The average molecular weight is 276 g/mol. The van der Waals surface area contributed by atoms with E-state index in [1.807, 2.05) is 0 Å². The predicted octanol–water partition coefficient (Wildman–Crippen LogP) is 2.36. The number of hydrogen-bond donors (Lipinski definition) is 1. The van der Waals surface area contributed by atoms with Crippen LogP contribution < -0.4 is 0 Å². The fourth-order valence-corrected chi connectivity index (χ4v) is 3.08. The molecule has 3 nitrogen and oxygen atoms in total. The minimum atomic E-state index is -0.379. The molecule has 1 aliphatic rings. The van der Waals surface area contributed by atoms with Gasteiger partial charge >= 0.3 is 0 Å². The van der Waals surface area contributed by atoms with Crippen molar-refractivity contribution in [1.82, 2.24) is 9.80 Å². The summed E-state index contributed by atoms with van der Waals surface area (Å²) in [5.41, 5.74) is 3.48. The Labute approximate surface area is 123 Å². The highest BCUT2D eigenvalue weighted by Crippen LogP contribution is 2.22. The first kappa shape index (κ1) is 15.5. The molecular formula is C17H28N2O. The molecule has 1 aromatic rings. The van der Waals surface area contributed by atoms with Crippen LogP contribution in [0.1, 0.15) is 35.6 Å². The van der Waals surface area contributed by atoms with Gasteiger partial charge in [0.25, 0.3) is 0 Å². The lowest BCUT2D eigenvalue weighted by atomic mass is 9.99. The summed E-state index contributed by atoms with van der Waals surface area (Å²) in [4.78, 5) is 4.71. The molecule has 1 N–H and O–H groups in total. The molecule has 1 aliphatic heterocycles. The van der Waals surface area contributed by atoms with E-state index in [2.05, 4.69) is 55.9 Å². The first-order valence-electron chi connectivity index (χ1n) is 7.61. The van der Waals surface area contributed by atoms with E-state index < -0.39 is 0 Å². The van der Waals surface area contributed by atoms with Crippen molar-refractivity contribution in [2.45, 2.75) is 38.8 Å². The van der Waals surface area contributed by atoms with E-state index in [9.17, 15) is 5.11 Å². The van der Waals surface area contributed by atoms with Gasteiger partial charge in [-0.25, -0.2) is 0 Å². The van der Waals surface area contributed by atoms with Crippen molar-refractivity contribution in [3.63, 3.8) is 0 Å². The zero-order chi connectivity index (χ0) is 14.7. The van der Waals surface area contributed by atoms with Crippen LogP contribution in [-0.2, 0) is 0 Å². The van der Waals surface area contributed by atoms with Gasteiger partial charge in [0.2, 0.25) is 0 Å². The Balaban J connectivity index is 2.00. The second kappa shape index (κ2) is 6.70. The number of likely N-dealkylation sites (N-methyl/N-ethyl adjacent to an activating group) is 1. The Kier molecular flexibility index (Phi) is 5.19. The van der Waals surface area contributed by atoms with Crippen LogP contribution in [0.25, 0.3) is 0 Å². The molecule has 0 spiro atoms. The van der Waals surface area contributed by atoms with E-state index in [0.717, 1.165) is 25.2 Å². The smallest absolute Gasteiger partial charge is 0.0919 e. The van der Waals surface area contributed by atoms with Gasteiger partial charge in [0.1, 0.15) is 0 Å². The number of rotatable bonds is 4. The minimum Gasteiger partial charge on any atom is -0.387 e. The highest BCUT2D eigenvalue weighted by atomic mass is 16.3. The van der Waals surface area contributed by atoms with Crippen molar-refractivity contribution in [1.29, 1.82) is 0 Å². The summed E-state index contributed by atoms with van der Waals surface area (Å²) in [6.45, 7) is 7.07. The second-order valence-electron chi connectivity index (χ2n) is 6.40. The lowest BCUT2D eigenvalue weighted by Crippen LogP contribution is -2.46. The van der Waals surface area contributed by atoms with Gasteiger partial charge < -0.3 is 10.0 Å². The SMILES string of the molecule is Cc1ccc(C)c(C(O)CN2CCCC(N(C)C)C2)c1. The van der Waals surface area contributed by atoms with Gasteiger partial charge in [0.15, 0.2) is 0 Å². The molecule has 0 bridgehead atoms. The molecule has 2 rings (SSSR count). The maximum Gasteiger partial charge on any atom is 0.0919 e. The molecule has 2 atom stereocenters. The summed E-state index contributed by atoms with van der Waals surface area (Å²) in [5, 5.41) is 10.5. The molecule has 1 aromatic carbocycles. The monoisotopic (exact) mass is 276 g/mol. The molecule has 0 aliphatic carbocycles. The number of β-amino-alcohol motifs (C(OH)–C–C–N with tert-alkyl or cyclic N) is 1. The van der Waals surface area contributed by atoms with Crippen LogP contribution in [0, 0.1) is 13.8 Å². The highest BCUT2D eigenvalue weighted by Gasteiger charge is 2.23. The Morgan fingerprint density at radius 3 is 2.80 bits per heavy atom. The van der Waals surface area contributed by atoms with Crippen LogP contribution in [0.3, 0.4) is 0 Å². The molecule has 1 fully saturated rings. The molecule has 20 heavy (non-hydrogen) atoms. The third-order valence-electron chi connectivity index (χ3n) is 4.44. The fourth-order valence-electron chi connectivity index (χ4n) is 3.08. The second-order valence-corrected chi connectivity index (χ2v) is 6.40. The van der Waals surface area contributed by atoms with Crippen molar-refractivity contribution in [3.8, 4) is 0 Å². The van der Waals surface area contributed by atoms with E-state index in [4.69, 9.17) is 0 Å². The Bertz CT molecular complexity index is 445. The number of aliphatic hydroxyl groups is 1. The van der Waals surface area contributed by atoms with Crippen LogP contribution in [0.4, 0.5) is 0 Å². The Morgan fingerprint density at radius 1 is 1.35 bits per heavy atom. The molecule has 2 unspecified atom stereocenters. The van der Waals surface area contributed by atoms with E-state index in [1.165, 1.54) is 24.0 Å². The number of nitrogens with zero attached hydrogens (tertiary/aromatic N) is 2. The molecule has 3 heteroatoms. The largest absolute Gasteiger partial charge is 0.387 e. The van der Waals surface area contributed by atoms with Crippen molar-refractivity contribution in [2.24, 2.45) is 0 Å². The maximum atomic E-state index is 10.5. The van der Waals surface area contributed by atoms with Crippen LogP contribution in [0.5, 0.6) is 0 Å². The maximum absolute atomic E-state index is 10.5. The van der Waals surface area contributed by atoms with E-state index >= 15 is 0 Å². The molecule has 0 saturated carbocycles.